The van der Waals surface area contributed by atoms with Crippen LogP contribution in [0.3, 0.4) is 0 Å². The van der Waals surface area contributed by atoms with Crippen molar-refractivity contribution in [2.75, 3.05) is 20.3 Å². The zero-order valence-electron chi connectivity index (χ0n) is 6.15. The molecule has 0 radical (unpaired) electrons. The molecule has 0 N–H and O–H groups in total. The average Bonchev–Trinajstić information content (AvgIpc) is 2.06. The first-order valence-corrected chi connectivity index (χ1v) is 4.57. The highest BCUT2D eigenvalue weighted by atomic mass is 31.2. The van der Waals surface area contributed by atoms with Crippen molar-refractivity contribution in [1.29, 1.82) is 0 Å². The largest absolute Gasteiger partial charge is 0.474 e. The topological polar surface area (TPSA) is 44.8 Å². The minimum atomic E-state index is -3.24. The van der Waals surface area contributed by atoms with Gasteiger partial charge in [-0.2, -0.15) is 0 Å². The summed E-state index contributed by atoms with van der Waals surface area (Å²) in [4.78, 5) is 0. The Morgan fingerprint density at radius 2 is 2.18 bits per heavy atom. The lowest BCUT2D eigenvalue weighted by Crippen LogP contribution is -2.19. The van der Waals surface area contributed by atoms with Gasteiger partial charge in [-0.15, -0.1) is 6.42 Å². The lowest BCUT2D eigenvalue weighted by Gasteiger charge is -2.23. The molecular weight excluding hydrogens is 167 g/mol. The Morgan fingerprint density at radius 1 is 1.64 bits per heavy atom. The van der Waals surface area contributed by atoms with E-state index in [-0.39, 0.29) is 19.1 Å². The maximum atomic E-state index is 11.1. The molecule has 0 spiro atoms. The molecule has 0 aromatic carbocycles. The van der Waals surface area contributed by atoms with Gasteiger partial charge in [0.05, 0.1) is 19.1 Å². The van der Waals surface area contributed by atoms with E-state index in [1.807, 2.05) is 0 Å². The monoisotopic (exact) mass is 176 g/mol. The van der Waals surface area contributed by atoms with Gasteiger partial charge < -0.3 is 0 Å². The van der Waals surface area contributed by atoms with Crippen LogP contribution in [0, 0.1) is 18.3 Å². The van der Waals surface area contributed by atoms with Crippen molar-refractivity contribution in [3.05, 3.63) is 0 Å². The number of rotatable bonds is 1. The maximum Gasteiger partial charge on any atom is 0.474 e. The van der Waals surface area contributed by atoms with Crippen LogP contribution < -0.4 is 0 Å². The van der Waals surface area contributed by atoms with E-state index in [2.05, 4.69) is 10.4 Å². The van der Waals surface area contributed by atoms with Crippen molar-refractivity contribution in [3.8, 4) is 12.3 Å². The van der Waals surface area contributed by atoms with E-state index < -0.39 is 7.82 Å². The smallest absolute Gasteiger partial charge is 0.290 e. The predicted octanol–water partition coefficient (Wildman–Crippen LogP) is 1.04. The highest BCUT2D eigenvalue weighted by Gasteiger charge is 2.31. The zero-order valence-corrected chi connectivity index (χ0v) is 7.04. The van der Waals surface area contributed by atoms with Gasteiger partial charge in [0.2, 0.25) is 0 Å². The van der Waals surface area contributed by atoms with Gasteiger partial charge in [-0.25, -0.2) is 4.57 Å². The van der Waals surface area contributed by atoms with Gasteiger partial charge in [-0.05, 0) is 0 Å². The number of phosphoric ester groups is 1. The van der Waals surface area contributed by atoms with Crippen molar-refractivity contribution in [1.82, 2.24) is 0 Å². The van der Waals surface area contributed by atoms with Crippen LogP contribution in [0.1, 0.15) is 0 Å². The summed E-state index contributed by atoms with van der Waals surface area (Å²) in [5.74, 6) is 2.32. The summed E-state index contributed by atoms with van der Waals surface area (Å²) in [6.07, 6.45) is 5.09. The minimum Gasteiger partial charge on any atom is -0.290 e. The second-order valence-corrected chi connectivity index (χ2v) is 3.86. The fourth-order valence-electron chi connectivity index (χ4n) is 0.650. The third-order valence-corrected chi connectivity index (χ3v) is 2.70. The number of phosphoric acid groups is 1. The third kappa shape index (κ3) is 2.05. The molecule has 4 nitrogen and oxygen atoms in total. The summed E-state index contributed by atoms with van der Waals surface area (Å²) in [6, 6.07) is 0. The summed E-state index contributed by atoms with van der Waals surface area (Å²) < 4.78 is 25.2. The molecule has 0 aromatic heterocycles. The maximum absolute atomic E-state index is 11.1. The molecular formula is C6H9O4P. The molecule has 1 rings (SSSR count). The first-order valence-electron chi connectivity index (χ1n) is 3.11. The number of hydrogen-bond acceptors (Lipinski definition) is 4. The van der Waals surface area contributed by atoms with Gasteiger partial charge in [-0.1, -0.05) is 5.92 Å². The highest BCUT2D eigenvalue weighted by Crippen LogP contribution is 2.51. The first kappa shape index (κ1) is 8.76. The Labute approximate surface area is 65.4 Å². The Bertz CT molecular complexity index is 207. The van der Waals surface area contributed by atoms with Crippen LogP contribution in [0.5, 0.6) is 0 Å². The number of terminal acetylenes is 1. The lowest BCUT2D eigenvalue weighted by atomic mass is 10.2. The molecule has 5 heteroatoms. The van der Waals surface area contributed by atoms with Crippen LogP contribution in [0.4, 0.5) is 0 Å². The molecule has 1 fully saturated rings. The summed E-state index contributed by atoms with van der Waals surface area (Å²) in [6.45, 7) is 0.475. The van der Waals surface area contributed by atoms with Crippen molar-refractivity contribution in [2.45, 2.75) is 0 Å². The van der Waals surface area contributed by atoms with E-state index in [4.69, 9.17) is 15.5 Å². The van der Waals surface area contributed by atoms with E-state index in [1.54, 1.807) is 0 Å². The molecule has 1 saturated heterocycles. The Balaban J connectivity index is 2.49. The van der Waals surface area contributed by atoms with Crippen LogP contribution in [0.2, 0.25) is 0 Å². The molecule has 1 aliphatic rings. The van der Waals surface area contributed by atoms with Gasteiger partial charge in [0.1, 0.15) is 0 Å². The molecule has 1 heterocycles. The highest BCUT2D eigenvalue weighted by molar-refractivity contribution is 7.48. The molecule has 11 heavy (non-hydrogen) atoms. The van der Waals surface area contributed by atoms with Crippen LogP contribution >= 0.6 is 7.82 Å². The summed E-state index contributed by atoms with van der Waals surface area (Å²) in [7, 11) is -1.97. The molecule has 1 aliphatic heterocycles. The molecule has 0 aliphatic carbocycles. The van der Waals surface area contributed by atoms with Gasteiger partial charge in [0.25, 0.3) is 0 Å². The van der Waals surface area contributed by atoms with Crippen LogP contribution in [-0.4, -0.2) is 20.3 Å². The van der Waals surface area contributed by atoms with Gasteiger partial charge >= 0.3 is 7.82 Å². The second-order valence-electron chi connectivity index (χ2n) is 2.08. The second kappa shape index (κ2) is 3.38. The van der Waals surface area contributed by atoms with Crippen molar-refractivity contribution in [2.24, 2.45) is 5.92 Å². The van der Waals surface area contributed by atoms with E-state index in [1.165, 1.54) is 7.11 Å². The Hall–Kier alpha value is -0.330. The first-order chi connectivity index (χ1) is 5.20. The van der Waals surface area contributed by atoms with Gasteiger partial charge in [0.15, 0.2) is 0 Å². The van der Waals surface area contributed by atoms with Crippen LogP contribution in [0.25, 0.3) is 0 Å². The van der Waals surface area contributed by atoms with E-state index >= 15 is 0 Å². The van der Waals surface area contributed by atoms with E-state index in [0.29, 0.717) is 0 Å². The molecule has 0 unspecified atom stereocenters. The molecule has 0 amide bonds. The van der Waals surface area contributed by atoms with Crippen LogP contribution in [0.15, 0.2) is 0 Å². The minimum absolute atomic E-state index is 0.118. The lowest BCUT2D eigenvalue weighted by molar-refractivity contribution is 0.0666. The molecule has 0 aromatic rings. The quantitative estimate of drug-likeness (QED) is 0.442. The summed E-state index contributed by atoms with van der Waals surface area (Å²) in [5.41, 5.74) is 0. The molecule has 0 atom stereocenters. The Kier molecular flexibility index (Phi) is 2.69. The van der Waals surface area contributed by atoms with E-state index in [9.17, 15) is 4.57 Å². The molecule has 62 valence electrons. The fraction of sp³-hybridized carbons (Fsp3) is 0.667. The standard InChI is InChI=1S/C6H9O4P/c1-3-6-4-9-11(7,8-2)10-5-6/h1,6H,4-5H2,2H3. The molecule has 0 bridgehead atoms. The van der Waals surface area contributed by atoms with Crippen LogP contribution in [-0.2, 0) is 18.1 Å². The molecule has 0 saturated carbocycles. The SMILES string of the molecule is C#CC1COP(=O)(OC)OC1. The van der Waals surface area contributed by atoms with Crippen molar-refractivity contribution >= 4 is 7.82 Å². The number of hydrogen-bond donors (Lipinski definition) is 0. The average molecular weight is 176 g/mol. The van der Waals surface area contributed by atoms with Gasteiger partial charge in [0, 0.05) is 7.11 Å². The zero-order chi connectivity index (χ0) is 8.32. The Morgan fingerprint density at radius 3 is 2.55 bits per heavy atom. The summed E-state index contributed by atoms with van der Waals surface area (Å²) in [5, 5.41) is 0. The van der Waals surface area contributed by atoms with Gasteiger partial charge in [-0.3, -0.25) is 13.6 Å². The fourth-order valence-corrected chi connectivity index (χ4v) is 1.66. The van der Waals surface area contributed by atoms with Crippen molar-refractivity contribution < 1.29 is 18.1 Å². The third-order valence-electron chi connectivity index (χ3n) is 1.33. The summed E-state index contributed by atoms with van der Waals surface area (Å²) >= 11 is 0. The predicted molar refractivity (Wildman–Crippen MR) is 38.8 cm³/mol. The van der Waals surface area contributed by atoms with Crippen molar-refractivity contribution in [3.63, 3.8) is 0 Å². The normalized spacial score (nSPS) is 38.0. The van der Waals surface area contributed by atoms with E-state index in [0.717, 1.165) is 0 Å².